The van der Waals surface area contributed by atoms with Crippen molar-refractivity contribution in [3.8, 4) is 0 Å². The highest BCUT2D eigenvalue weighted by Gasteiger charge is 2.20. The predicted molar refractivity (Wildman–Crippen MR) is 60.8 cm³/mol. The molecule has 88 valence electrons. The number of hydrogen-bond donors (Lipinski definition) is 3. The topological polar surface area (TPSA) is 69.8 Å². The zero-order valence-corrected chi connectivity index (χ0v) is 9.55. The normalized spacial score (nSPS) is 20.7. The first-order valence-electron chi connectivity index (χ1n) is 5.77. The minimum absolute atomic E-state index is 0.0130. The number of nitrogens with one attached hydrogen (secondary N) is 3. The first-order chi connectivity index (χ1) is 7.77. The zero-order valence-electron chi connectivity index (χ0n) is 9.55. The van der Waals surface area contributed by atoms with Gasteiger partial charge in [0.1, 0.15) is 0 Å². The van der Waals surface area contributed by atoms with Crippen LogP contribution in [0.25, 0.3) is 0 Å². The molecule has 2 rings (SSSR count). The lowest BCUT2D eigenvalue weighted by molar-refractivity contribution is -0.123. The van der Waals surface area contributed by atoms with Crippen LogP contribution in [0.3, 0.4) is 0 Å². The number of H-pyrrole nitrogens is 1. The molecule has 0 saturated carbocycles. The van der Waals surface area contributed by atoms with Gasteiger partial charge in [-0.15, -0.1) is 0 Å². The van der Waals surface area contributed by atoms with E-state index in [0.717, 1.165) is 30.6 Å². The lowest BCUT2D eigenvalue weighted by Crippen LogP contribution is -2.46. The van der Waals surface area contributed by atoms with E-state index in [1.54, 1.807) is 6.20 Å². The molecule has 1 aliphatic rings. The van der Waals surface area contributed by atoms with Gasteiger partial charge in [-0.25, -0.2) is 0 Å². The number of aromatic nitrogens is 2. The maximum atomic E-state index is 11.8. The molecule has 1 aliphatic heterocycles. The fourth-order valence-corrected chi connectivity index (χ4v) is 1.94. The van der Waals surface area contributed by atoms with Crippen LogP contribution >= 0.6 is 0 Å². The first kappa shape index (κ1) is 11.1. The molecule has 1 aromatic heterocycles. The summed E-state index contributed by atoms with van der Waals surface area (Å²) in [6.45, 7) is 3.45. The van der Waals surface area contributed by atoms with E-state index in [1.807, 2.05) is 6.92 Å². The second-order valence-electron chi connectivity index (χ2n) is 4.24. The molecular formula is C11H18N4O. The van der Waals surface area contributed by atoms with Gasteiger partial charge in [0.2, 0.25) is 5.91 Å². The minimum Gasteiger partial charge on any atom is -0.351 e. The lowest BCUT2D eigenvalue weighted by atomic mass is 10.0. The average molecular weight is 222 g/mol. The van der Waals surface area contributed by atoms with Crippen molar-refractivity contribution in [1.29, 1.82) is 0 Å². The summed E-state index contributed by atoms with van der Waals surface area (Å²) >= 11 is 0. The van der Waals surface area contributed by atoms with E-state index in [-0.39, 0.29) is 11.9 Å². The largest absolute Gasteiger partial charge is 0.351 e. The van der Waals surface area contributed by atoms with E-state index < -0.39 is 0 Å². The molecule has 1 aromatic rings. The lowest BCUT2D eigenvalue weighted by Gasteiger charge is -2.22. The third kappa shape index (κ3) is 2.61. The van der Waals surface area contributed by atoms with Crippen LogP contribution in [0.1, 0.15) is 30.5 Å². The SMILES string of the molecule is Cc1[nH]ncc1CNC(=O)C1CCCCN1. The summed E-state index contributed by atoms with van der Waals surface area (Å²) in [4.78, 5) is 11.8. The maximum absolute atomic E-state index is 11.8. The molecule has 16 heavy (non-hydrogen) atoms. The third-order valence-electron chi connectivity index (χ3n) is 3.01. The number of aromatic amines is 1. The van der Waals surface area contributed by atoms with Crippen molar-refractivity contribution in [2.45, 2.75) is 38.8 Å². The Morgan fingerprint density at radius 2 is 2.50 bits per heavy atom. The third-order valence-corrected chi connectivity index (χ3v) is 3.01. The smallest absolute Gasteiger partial charge is 0.237 e. The molecule has 0 bridgehead atoms. The molecule has 1 fully saturated rings. The fourth-order valence-electron chi connectivity index (χ4n) is 1.94. The van der Waals surface area contributed by atoms with Gasteiger partial charge >= 0.3 is 0 Å². The summed E-state index contributed by atoms with van der Waals surface area (Å²) < 4.78 is 0. The summed E-state index contributed by atoms with van der Waals surface area (Å²) in [5.41, 5.74) is 2.06. The average Bonchev–Trinajstić information content (AvgIpc) is 2.73. The molecule has 0 radical (unpaired) electrons. The molecule has 5 nitrogen and oxygen atoms in total. The Morgan fingerprint density at radius 1 is 1.62 bits per heavy atom. The number of carbonyl (C=O) groups is 1. The Bertz CT molecular complexity index is 355. The number of amides is 1. The van der Waals surface area contributed by atoms with Gasteiger partial charge in [-0.2, -0.15) is 5.10 Å². The van der Waals surface area contributed by atoms with Crippen LogP contribution in [0.5, 0.6) is 0 Å². The van der Waals surface area contributed by atoms with Crippen LogP contribution in [0.4, 0.5) is 0 Å². The van der Waals surface area contributed by atoms with Crippen LogP contribution < -0.4 is 10.6 Å². The molecule has 1 saturated heterocycles. The summed E-state index contributed by atoms with van der Waals surface area (Å²) in [6, 6.07) is -0.0130. The zero-order chi connectivity index (χ0) is 11.4. The Balaban J connectivity index is 1.81. The van der Waals surface area contributed by atoms with Crippen LogP contribution in [-0.4, -0.2) is 28.7 Å². The van der Waals surface area contributed by atoms with Gasteiger partial charge in [0.15, 0.2) is 0 Å². The van der Waals surface area contributed by atoms with Crippen molar-refractivity contribution in [3.63, 3.8) is 0 Å². The molecule has 1 unspecified atom stereocenters. The summed E-state index contributed by atoms with van der Waals surface area (Å²) in [5, 5.41) is 12.9. The minimum atomic E-state index is -0.0130. The summed E-state index contributed by atoms with van der Waals surface area (Å²) in [6.07, 6.45) is 5.00. The van der Waals surface area contributed by atoms with Crippen LogP contribution in [0, 0.1) is 6.92 Å². The van der Waals surface area contributed by atoms with E-state index in [1.165, 1.54) is 6.42 Å². The van der Waals surface area contributed by atoms with Crippen molar-refractivity contribution < 1.29 is 4.79 Å². The highest BCUT2D eigenvalue weighted by molar-refractivity contribution is 5.81. The Hall–Kier alpha value is -1.36. The van der Waals surface area contributed by atoms with Crippen molar-refractivity contribution >= 4 is 5.91 Å². The monoisotopic (exact) mass is 222 g/mol. The van der Waals surface area contributed by atoms with Gasteiger partial charge in [0.05, 0.1) is 12.2 Å². The molecular weight excluding hydrogens is 204 g/mol. The number of carbonyl (C=O) groups excluding carboxylic acids is 1. The van der Waals surface area contributed by atoms with Crippen molar-refractivity contribution in [2.24, 2.45) is 0 Å². The molecule has 0 aromatic carbocycles. The van der Waals surface area contributed by atoms with Crippen molar-refractivity contribution in [3.05, 3.63) is 17.5 Å². The summed E-state index contributed by atoms with van der Waals surface area (Å²) in [5.74, 6) is 0.0975. The van der Waals surface area contributed by atoms with Crippen LogP contribution in [-0.2, 0) is 11.3 Å². The highest BCUT2D eigenvalue weighted by Crippen LogP contribution is 2.07. The Kier molecular flexibility index (Phi) is 3.56. The van der Waals surface area contributed by atoms with E-state index in [9.17, 15) is 4.79 Å². The molecule has 1 atom stereocenters. The van der Waals surface area contributed by atoms with Gasteiger partial charge in [-0.1, -0.05) is 6.42 Å². The number of piperidine rings is 1. The second-order valence-corrected chi connectivity index (χ2v) is 4.24. The first-order valence-corrected chi connectivity index (χ1v) is 5.77. The highest BCUT2D eigenvalue weighted by atomic mass is 16.2. The van der Waals surface area contributed by atoms with Gasteiger partial charge in [-0.3, -0.25) is 9.89 Å². The van der Waals surface area contributed by atoms with Crippen molar-refractivity contribution in [2.75, 3.05) is 6.54 Å². The second kappa shape index (κ2) is 5.12. The van der Waals surface area contributed by atoms with Gasteiger partial charge in [0, 0.05) is 17.8 Å². The number of hydrogen-bond acceptors (Lipinski definition) is 3. The van der Waals surface area contributed by atoms with Crippen LogP contribution in [0.2, 0.25) is 0 Å². The number of rotatable bonds is 3. The maximum Gasteiger partial charge on any atom is 0.237 e. The van der Waals surface area contributed by atoms with Crippen molar-refractivity contribution in [1.82, 2.24) is 20.8 Å². The molecule has 2 heterocycles. The Labute approximate surface area is 95.0 Å². The molecule has 0 aliphatic carbocycles. The van der Waals surface area contributed by atoms with Gasteiger partial charge < -0.3 is 10.6 Å². The Morgan fingerprint density at radius 3 is 3.12 bits per heavy atom. The molecule has 1 amide bonds. The van der Waals surface area contributed by atoms with E-state index >= 15 is 0 Å². The van der Waals surface area contributed by atoms with Crippen LogP contribution in [0.15, 0.2) is 6.20 Å². The quantitative estimate of drug-likeness (QED) is 0.696. The molecule has 5 heteroatoms. The van der Waals surface area contributed by atoms with Gasteiger partial charge in [0.25, 0.3) is 0 Å². The predicted octanol–water partition coefficient (Wildman–Crippen LogP) is 0.476. The molecule has 0 spiro atoms. The van der Waals surface area contributed by atoms with E-state index in [0.29, 0.717) is 6.54 Å². The standard InChI is InChI=1S/C11H18N4O/c1-8-9(7-14-15-8)6-13-11(16)10-4-2-3-5-12-10/h7,10,12H,2-6H2,1H3,(H,13,16)(H,14,15). The van der Waals surface area contributed by atoms with E-state index in [2.05, 4.69) is 20.8 Å². The molecule has 3 N–H and O–H groups in total. The number of aryl methyl sites for hydroxylation is 1. The number of nitrogens with zero attached hydrogens (tertiary/aromatic N) is 1. The van der Waals surface area contributed by atoms with Gasteiger partial charge in [-0.05, 0) is 26.3 Å². The van der Waals surface area contributed by atoms with E-state index in [4.69, 9.17) is 0 Å². The fraction of sp³-hybridized carbons (Fsp3) is 0.636. The summed E-state index contributed by atoms with van der Waals surface area (Å²) in [7, 11) is 0.